The first-order chi connectivity index (χ1) is 18.9. The molecule has 0 saturated carbocycles. The first-order valence-electron chi connectivity index (χ1n) is 13.2. The molecule has 3 aliphatic heterocycles. The third kappa shape index (κ3) is 3.10. The van der Waals surface area contributed by atoms with E-state index in [1.54, 1.807) is 29.0 Å². The number of carbonyl (C=O) groups is 1. The molecule has 0 saturated heterocycles. The average Bonchev–Trinajstić information content (AvgIpc) is 3.49. The predicted molar refractivity (Wildman–Crippen MR) is 128 cm³/mol. The standard InChI is InChI=1S/C26H22F2N6O3/c1-26(29)11-36-19-8-12(10-30-21(19)26)14-6-7-15-22(31-14)34-16-9-17(23(34)32-15)33(2)24(35)13-4-3-5-18(20(13)16)37-25(27)28/h3-8,10,16-17,25H,9,11,29H2,1-2H3/t16-,17-,26?/m1/s1/i2D3. The number of fused-ring (bicyclic) bond motifs is 10. The lowest BCUT2D eigenvalue weighted by atomic mass is 9.98. The minimum Gasteiger partial charge on any atom is -0.489 e. The lowest BCUT2D eigenvalue weighted by Crippen LogP contribution is -2.35. The van der Waals surface area contributed by atoms with Gasteiger partial charge < -0.3 is 24.7 Å². The summed E-state index contributed by atoms with van der Waals surface area (Å²) in [7, 11) is 0. The molecule has 0 aliphatic carbocycles. The van der Waals surface area contributed by atoms with Gasteiger partial charge in [-0.1, -0.05) is 6.07 Å². The van der Waals surface area contributed by atoms with E-state index >= 15 is 0 Å². The second kappa shape index (κ2) is 7.45. The molecular formula is C26H22F2N6O3. The molecule has 7 rings (SSSR count). The second-order valence-electron chi connectivity index (χ2n) is 9.69. The largest absolute Gasteiger partial charge is 0.489 e. The van der Waals surface area contributed by atoms with Crippen LogP contribution in [0.25, 0.3) is 22.4 Å². The summed E-state index contributed by atoms with van der Waals surface area (Å²) in [5.41, 5.74) is 8.42. The predicted octanol–water partition coefficient (Wildman–Crippen LogP) is 3.78. The number of carbonyl (C=O) groups excluding carboxylic acids is 1. The third-order valence-corrected chi connectivity index (χ3v) is 7.21. The van der Waals surface area contributed by atoms with Crippen LogP contribution < -0.4 is 15.2 Å². The number of nitrogens with two attached hydrogens (primary N) is 1. The Labute approximate surface area is 214 Å². The highest BCUT2D eigenvalue weighted by Gasteiger charge is 2.45. The van der Waals surface area contributed by atoms with Gasteiger partial charge in [0.25, 0.3) is 5.91 Å². The lowest BCUT2D eigenvalue weighted by Gasteiger charge is -2.24. The molecule has 11 heteroatoms. The number of hydrogen-bond donors (Lipinski definition) is 1. The van der Waals surface area contributed by atoms with E-state index in [-0.39, 0.29) is 23.3 Å². The molecule has 1 aromatic carbocycles. The summed E-state index contributed by atoms with van der Waals surface area (Å²) in [6.07, 6.45) is 1.75. The molecule has 0 fully saturated rings. The van der Waals surface area contributed by atoms with E-state index < -0.39 is 37.1 Å². The van der Waals surface area contributed by atoms with Crippen LogP contribution in [0, 0.1) is 0 Å². The fraction of sp³-hybridized carbons (Fsp3) is 0.308. The Morgan fingerprint density at radius 1 is 1.27 bits per heavy atom. The average molecular weight is 508 g/mol. The van der Waals surface area contributed by atoms with Crippen LogP contribution in [-0.4, -0.2) is 50.5 Å². The highest BCUT2D eigenvalue weighted by atomic mass is 19.3. The van der Waals surface area contributed by atoms with Gasteiger partial charge in [0, 0.05) is 40.4 Å². The molecule has 2 bridgehead atoms. The maximum Gasteiger partial charge on any atom is 0.387 e. The van der Waals surface area contributed by atoms with E-state index in [2.05, 4.69) is 9.97 Å². The van der Waals surface area contributed by atoms with Gasteiger partial charge in [-0.15, -0.1) is 0 Å². The van der Waals surface area contributed by atoms with Crippen LogP contribution in [0.4, 0.5) is 8.78 Å². The molecule has 2 N–H and O–H groups in total. The highest BCUT2D eigenvalue weighted by Crippen LogP contribution is 2.50. The molecule has 1 amide bonds. The fourth-order valence-corrected chi connectivity index (χ4v) is 5.55. The van der Waals surface area contributed by atoms with Gasteiger partial charge in [-0.05, 0) is 37.3 Å². The maximum absolute atomic E-state index is 13.6. The topological polar surface area (TPSA) is 108 Å². The number of benzene rings is 1. The van der Waals surface area contributed by atoms with E-state index in [9.17, 15) is 13.6 Å². The molecule has 3 atom stereocenters. The van der Waals surface area contributed by atoms with Gasteiger partial charge in [0.2, 0.25) is 0 Å². The molecule has 3 aromatic heterocycles. The summed E-state index contributed by atoms with van der Waals surface area (Å²) in [6, 6.07) is 7.78. The van der Waals surface area contributed by atoms with E-state index in [0.29, 0.717) is 46.3 Å². The van der Waals surface area contributed by atoms with E-state index in [1.807, 2.05) is 6.92 Å². The summed E-state index contributed by atoms with van der Waals surface area (Å²) in [6.45, 7) is -3.82. The Morgan fingerprint density at radius 2 is 2.14 bits per heavy atom. The first kappa shape index (κ1) is 19.1. The molecule has 4 aromatic rings. The minimum absolute atomic E-state index is 0.0183. The number of amides is 1. The molecule has 9 nitrogen and oxygen atoms in total. The smallest absolute Gasteiger partial charge is 0.387 e. The Hall–Kier alpha value is -4.12. The molecule has 0 spiro atoms. The van der Waals surface area contributed by atoms with Crippen LogP contribution in [0.15, 0.2) is 42.6 Å². The number of pyridine rings is 2. The van der Waals surface area contributed by atoms with Crippen LogP contribution in [-0.2, 0) is 5.54 Å². The Morgan fingerprint density at radius 3 is 2.95 bits per heavy atom. The lowest BCUT2D eigenvalue weighted by molar-refractivity contribution is -0.0507. The van der Waals surface area contributed by atoms with Crippen LogP contribution in [0.5, 0.6) is 11.5 Å². The number of imidazole rings is 1. The van der Waals surface area contributed by atoms with Gasteiger partial charge in [0.15, 0.2) is 5.65 Å². The van der Waals surface area contributed by atoms with E-state index in [4.69, 9.17) is 24.3 Å². The zero-order chi connectivity index (χ0) is 28.1. The van der Waals surface area contributed by atoms with Gasteiger partial charge >= 0.3 is 6.61 Å². The summed E-state index contributed by atoms with van der Waals surface area (Å²) in [5, 5.41) is 0. The van der Waals surface area contributed by atoms with Gasteiger partial charge in [-0.3, -0.25) is 9.78 Å². The Bertz CT molecular complexity index is 1720. The van der Waals surface area contributed by atoms with Crippen molar-refractivity contribution in [3.05, 3.63) is 65.2 Å². The van der Waals surface area contributed by atoms with Crippen molar-refractivity contribution in [2.45, 2.75) is 37.6 Å². The molecule has 0 radical (unpaired) electrons. The minimum atomic E-state index is -3.14. The second-order valence-corrected chi connectivity index (χ2v) is 9.69. The van der Waals surface area contributed by atoms with Crippen molar-refractivity contribution in [1.82, 2.24) is 24.4 Å². The summed E-state index contributed by atoms with van der Waals surface area (Å²) in [4.78, 5) is 28.4. The fourth-order valence-electron chi connectivity index (χ4n) is 5.55. The number of aromatic nitrogens is 4. The summed E-state index contributed by atoms with van der Waals surface area (Å²) >= 11 is 0. The zero-order valence-electron chi connectivity index (χ0n) is 22.5. The molecular weight excluding hydrogens is 482 g/mol. The van der Waals surface area contributed by atoms with Crippen molar-refractivity contribution < 1.29 is 27.2 Å². The van der Waals surface area contributed by atoms with Crippen molar-refractivity contribution >= 4 is 17.1 Å². The van der Waals surface area contributed by atoms with Crippen LogP contribution >= 0.6 is 0 Å². The van der Waals surface area contributed by atoms with Crippen molar-refractivity contribution in [2.24, 2.45) is 5.73 Å². The monoisotopic (exact) mass is 507 g/mol. The zero-order valence-corrected chi connectivity index (χ0v) is 19.5. The maximum atomic E-state index is 13.6. The summed E-state index contributed by atoms with van der Waals surface area (Å²) in [5.74, 6) is -0.135. The molecule has 37 heavy (non-hydrogen) atoms. The van der Waals surface area contributed by atoms with Crippen molar-refractivity contribution in [3.63, 3.8) is 0 Å². The first-order valence-corrected chi connectivity index (χ1v) is 11.7. The van der Waals surface area contributed by atoms with Crippen molar-refractivity contribution in [2.75, 3.05) is 13.6 Å². The SMILES string of the molecule is [2H]C([2H])([2H])N1C(=O)c2cccc(OC(F)F)c2[C@H]2C[C@@H]1c1nc3ccc(-c4cnc5c(c4)OCC5(C)N)nc3n12. The van der Waals surface area contributed by atoms with Gasteiger partial charge in [-0.2, -0.15) is 8.78 Å². The summed E-state index contributed by atoms with van der Waals surface area (Å²) < 4.78 is 63.5. The van der Waals surface area contributed by atoms with Crippen molar-refractivity contribution in [1.29, 1.82) is 0 Å². The van der Waals surface area contributed by atoms with Crippen LogP contribution in [0.1, 0.15) is 57.0 Å². The van der Waals surface area contributed by atoms with E-state index in [0.717, 1.165) is 4.90 Å². The van der Waals surface area contributed by atoms with Gasteiger partial charge in [0.1, 0.15) is 35.1 Å². The molecule has 188 valence electrons. The van der Waals surface area contributed by atoms with Gasteiger partial charge in [-0.25, -0.2) is 9.97 Å². The quantitative estimate of drug-likeness (QED) is 0.450. The normalized spacial score (nSPS) is 25.2. The molecule has 3 aliphatic rings. The third-order valence-electron chi connectivity index (χ3n) is 7.21. The molecule has 6 heterocycles. The van der Waals surface area contributed by atoms with E-state index in [1.165, 1.54) is 18.2 Å². The Kier molecular flexibility index (Phi) is 3.84. The number of halogens is 2. The highest BCUT2D eigenvalue weighted by molar-refractivity contribution is 5.97. The number of rotatable bonds is 3. The number of ether oxygens (including phenoxy) is 2. The van der Waals surface area contributed by atoms with Gasteiger partial charge in [0.05, 0.1) is 23.3 Å². The molecule has 1 unspecified atom stereocenters. The number of nitrogens with zero attached hydrogens (tertiary/aromatic N) is 5. The van der Waals surface area contributed by atoms with Crippen LogP contribution in [0.3, 0.4) is 0 Å². The number of alkyl halides is 2. The van der Waals surface area contributed by atoms with Crippen LogP contribution in [0.2, 0.25) is 0 Å². The van der Waals surface area contributed by atoms with Crippen molar-refractivity contribution in [3.8, 4) is 22.8 Å². The number of hydrogen-bond acceptors (Lipinski definition) is 7. The Balaban J connectivity index is 1.43.